The van der Waals surface area contributed by atoms with Crippen molar-refractivity contribution in [3.05, 3.63) is 41.8 Å². The van der Waals surface area contributed by atoms with Crippen LogP contribution in [0.15, 0.2) is 24.3 Å². The first-order valence-corrected chi connectivity index (χ1v) is 7.29. The van der Waals surface area contributed by atoms with E-state index in [1.807, 2.05) is 0 Å². The molecule has 0 aliphatic heterocycles. The molecule has 0 atom stereocenters. The highest BCUT2D eigenvalue weighted by molar-refractivity contribution is 5.27. The molecule has 0 aliphatic rings. The minimum Gasteiger partial charge on any atom is -0.0654 e. The number of unbranched alkanes of at least 4 members (excludes halogenated alkanes) is 5. The van der Waals surface area contributed by atoms with Crippen molar-refractivity contribution in [2.75, 3.05) is 0 Å². The highest BCUT2D eigenvalue weighted by Crippen LogP contribution is 2.13. The average molecular weight is 231 g/mol. The smallest absolute Gasteiger partial charge is 0.00931 e. The van der Waals surface area contributed by atoms with Crippen molar-refractivity contribution >= 4 is 0 Å². The van der Waals surface area contributed by atoms with E-state index in [9.17, 15) is 0 Å². The van der Waals surface area contributed by atoms with Gasteiger partial charge in [0.25, 0.3) is 0 Å². The molecule has 1 radical (unpaired) electrons. The number of hydrogen-bond donors (Lipinski definition) is 0. The molecule has 0 heteroatoms. The van der Waals surface area contributed by atoms with Crippen molar-refractivity contribution in [3.8, 4) is 0 Å². The molecule has 0 N–H and O–H groups in total. The number of hydrogen-bond acceptors (Lipinski definition) is 0. The summed E-state index contributed by atoms with van der Waals surface area (Å²) in [6.45, 7) is 4.51. The summed E-state index contributed by atoms with van der Waals surface area (Å²) in [4.78, 5) is 0. The molecule has 17 heavy (non-hydrogen) atoms. The molecule has 0 fully saturated rings. The molecule has 0 spiro atoms. The Kier molecular flexibility index (Phi) is 7.79. The second kappa shape index (κ2) is 9.27. The second-order valence-corrected chi connectivity index (χ2v) is 4.90. The minimum atomic E-state index is 1.23. The summed E-state index contributed by atoms with van der Waals surface area (Å²) < 4.78 is 0. The molecule has 1 rings (SSSR count). The lowest BCUT2D eigenvalue weighted by atomic mass is 10.0. The molecule has 0 aromatic heterocycles. The van der Waals surface area contributed by atoms with Gasteiger partial charge in [-0.1, -0.05) is 70.2 Å². The van der Waals surface area contributed by atoms with E-state index >= 15 is 0 Å². The third kappa shape index (κ3) is 6.51. The van der Waals surface area contributed by atoms with Crippen LogP contribution in [0.5, 0.6) is 0 Å². The third-order valence-corrected chi connectivity index (χ3v) is 3.24. The lowest BCUT2D eigenvalue weighted by Gasteiger charge is -2.04. The summed E-state index contributed by atoms with van der Waals surface area (Å²) in [6.07, 6.45) is 12.8. The molecular formula is C17H27. The van der Waals surface area contributed by atoms with Gasteiger partial charge in [-0.2, -0.15) is 0 Å². The van der Waals surface area contributed by atoms with Crippen LogP contribution in [0.1, 0.15) is 69.9 Å². The van der Waals surface area contributed by atoms with Crippen molar-refractivity contribution < 1.29 is 0 Å². The van der Waals surface area contributed by atoms with Crippen LogP contribution < -0.4 is 0 Å². The first-order chi connectivity index (χ1) is 8.36. The predicted octanol–water partition coefficient (Wildman–Crippen LogP) is 5.55. The molecule has 0 aliphatic carbocycles. The standard InChI is InChI=1S/C17H27/c1-3-5-7-9-11-17-14-12-16(13-15-17)10-8-6-4-2/h11-15H,3-10H2,1-2H3. The van der Waals surface area contributed by atoms with Crippen LogP contribution in [0.4, 0.5) is 0 Å². The molecule has 0 unspecified atom stereocenters. The van der Waals surface area contributed by atoms with Crippen molar-refractivity contribution in [2.24, 2.45) is 0 Å². The van der Waals surface area contributed by atoms with Crippen molar-refractivity contribution in [3.63, 3.8) is 0 Å². The Morgan fingerprint density at radius 3 is 2.12 bits per heavy atom. The van der Waals surface area contributed by atoms with Gasteiger partial charge >= 0.3 is 0 Å². The monoisotopic (exact) mass is 231 g/mol. The van der Waals surface area contributed by atoms with Gasteiger partial charge in [0, 0.05) is 0 Å². The Balaban J connectivity index is 2.24. The van der Waals surface area contributed by atoms with Gasteiger partial charge in [0.2, 0.25) is 0 Å². The van der Waals surface area contributed by atoms with Gasteiger partial charge in [-0.3, -0.25) is 0 Å². The zero-order valence-electron chi connectivity index (χ0n) is 11.5. The SMILES string of the molecule is CCCCC[CH]c1ccc(CCCCC)cc1. The summed E-state index contributed by atoms with van der Waals surface area (Å²) in [7, 11) is 0. The maximum absolute atomic E-state index is 2.37. The van der Waals surface area contributed by atoms with Crippen LogP contribution in [-0.2, 0) is 6.42 Å². The van der Waals surface area contributed by atoms with E-state index in [0.717, 1.165) is 0 Å². The molecule has 0 amide bonds. The molecule has 1 aromatic carbocycles. The molecule has 95 valence electrons. The lowest BCUT2D eigenvalue weighted by Crippen LogP contribution is -1.87. The van der Waals surface area contributed by atoms with Gasteiger partial charge in [-0.15, -0.1) is 0 Å². The van der Waals surface area contributed by atoms with Gasteiger partial charge < -0.3 is 0 Å². The van der Waals surface area contributed by atoms with Crippen LogP contribution in [0.2, 0.25) is 0 Å². The van der Waals surface area contributed by atoms with Crippen molar-refractivity contribution in [1.82, 2.24) is 0 Å². The van der Waals surface area contributed by atoms with E-state index in [0.29, 0.717) is 0 Å². The third-order valence-electron chi connectivity index (χ3n) is 3.24. The van der Waals surface area contributed by atoms with Gasteiger partial charge in [0.15, 0.2) is 0 Å². The number of rotatable bonds is 9. The highest BCUT2D eigenvalue weighted by atomic mass is 14.0. The van der Waals surface area contributed by atoms with Crippen LogP contribution >= 0.6 is 0 Å². The van der Waals surface area contributed by atoms with Gasteiger partial charge in [0.05, 0.1) is 0 Å². The lowest BCUT2D eigenvalue weighted by molar-refractivity contribution is 0.713. The fourth-order valence-corrected chi connectivity index (χ4v) is 2.06. The average Bonchev–Trinajstić information content (AvgIpc) is 2.37. The molecule has 0 nitrogen and oxygen atoms in total. The van der Waals surface area contributed by atoms with E-state index < -0.39 is 0 Å². The van der Waals surface area contributed by atoms with E-state index in [1.54, 1.807) is 0 Å². The largest absolute Gasteiger partial charge is 0.0654 e. The molecule has 0 saturated carbocycles. The van der Waals surface area contributed by atoms with Gasteiger partial charge in [-0.25, -0.2) is 0 Å². The second-order valence-electron chi connectivity index (χ2n) is 4.90. The quantitative estimate of drug-likeness (QED) is 0.489. The fraction of sp³-hybridized carbons (Fsp3) is 0.588. The first-order valence-electron chi connectivity index (χ1n) is 7.29. The molecule has 0 heterocycles. The van der Waals surface area contributed by atoms with E-state index in [-0.39, 0.29) is 0 Å². The van der Waals surface area contributed by atoms with Crippen LogP contribution in [0.25, 0.3) is 0 Å². The van der Waals surface area contributed by atoms with Crippen LogP contribution in [0.3, 0.4) is 0 Å². The predicted molar refractivity (Wildman–Crippen MR) is 77.2 cm³/mol. The maximum Gasteiger partial charge on any atom is -0.00931 e. The molecule has 0 saturated heterocycles. The number of benzene rings is 1. The minimum absolute atomic E-state index is 1.23. The van der Waals surface area contributed by atoms with Crippen LogP contribution in [0, 0.1) is 6.42 Å². The van der Waals surface area contributed by atoms with E-state index in [1.165, 1.54) is 62.5 Å². The zero-order chi connectivity index (χ0) is 12.3. The maximum atomic E-state index is 2.37. The Morgan fingerprint density at radius 1 is 0.824 bits per heavy atom. The summed E-state index contributed by atoms with van der Waals surface area (Å²) in [5.74, 6) is 0. The molecule has 1 aromatic rings. The Bertz CT molecular complexity index is 271. The summed E-state index contributed by atoms with van der Waals surface area (Å²) in [5, 5.41) is 0. The van der Waals surface area contributed by atoms with Crippen LogP contribution in [-0.4, -0.2) is 0 Å². The summed E-state index contributed by atoms with van der Waals surface area (Å²) in [5.41, 5.74) is 2.88. The van der Waals surface area contributed by atoms with Gasteiger partial charge in [-0.05, 0) is 36.8 Å². The first kappa shape index (κ1) is 14.3. The summed E-state index contributed by atoms with van der Waals surface area (Å²) in [6, 6.07) is 9.13. The summed E-state index contributed by atoms with van der Waals surface area (Å²) >= 11 is 0. The Labute approximate surface area is 107 Å². The van der Waals surface area contributed by atoms with Gasteiger partial charge in [0.1, 0.15) is 0 Å². The normalized spacial score (nSPS) is 10.7. The van der Waals surface area contributed by atoms with Crippen molar-refractivity contribution in [1.29, 1.82) is 0 Å². The zero-order valence-corrected chi connectivity index (χ0v) is 11.5. The topological polar surface area (TPSA) is 0 Å². The molecular weight excluding hydrogens is 204 g/mol. The highest BCUT2D eigenvalue weighted by Gasteiger charge is 1.96. The Morgan fingerprint density at radius 2 is 1.47 bits per heavy atom. The van der Waals surface area contributed by atoms with E-state index in [2.05, 4.69) is 44.5 Å². The van der Waals surface area contributed by atoms with Crippen molar-refractivity contribution in [2.45, 2.75) is 65.2 Å². The Hall–Kier alpha value is -0.780. The fourth-order valence-electron chi connectivity index (χ4n) is 2.06. The van der Waals surface area contributed by atoms with E-state index in [4.69, 9.17) is 0 Å². The number of aryl methyl sites for hydroxylation is 1. The molecule has 0 bridgehead atoms.